The first-order valence-corrected chi connectivity index (χ1v) is 11.4. The monoisotopic (exact) mass is 459 g/mol. The number of nitrogens with zero attached hydrogens (tertiary/aromatic N) is 3. The number of urea groups is 1. The number of aliphatic carboxylic acids is 1. The Bertz CT molecular complexity index is 1210. The van der Waals surface area contributed by atoms with E-state index in [1.54, 1.807) is 15.9 Å². The van der Waals surface area contributed by atoms with E-state index in [-0.39, 0.29) is 17.8 Å². The van der Waals surface area contributed by atoms with Crippen LogP contribution in [-0.2, 0) is 17.8 Å². The number of carbonyl (C=O) groups excluding carboxylic acids is 1. The van der Waals surface area contributed by atoms with Gasteiger partial charge in [-0.25, -0.2) is 9.18 Å². The molecule has 0 atom stereocenters. The minimum absolute atomic E-state index is 0.0669. The van der Waals surface area contributed by atoms with Gasteiger partial charge >= 0.3 is 12.0 Å². The normalized spacial score (nSPS) is 16.7. The molecule has 3 aromatic rings. The fourth-order valence-electron chi connectivity index (χ4n) is 4.63. The van der Waals surface area contributed by atoms with Crippen molar-refractivity contribution < 1.29 is 19.1 Å². The van der Waals surface area contributed by atoms with Gasteiger partial charge in [0, 0.05) is 44.1 Å². The topological polar surface area (TPSA) is 64.1 Å². The van der Waals surface area contributed by atoms with Crippen molar-refractivity contribution in [1.82, 2.24) is 4.90 Å². The van der Waals surface area contributed by atoms with Gasteiger partial charge in [0.2, 0.25) is 0 Å². The molecule has 0 aromatic heterocycles. The summed E-state index contributed by atoms with van der Waals surface area (Å²) in [5.41, 5.74) is 4.70. The van der Waals surface area contributed by atoms with Gasteiger partial charge in [-0.1, -0.05) is 36.4 Å². The molecule has 0 saturated carbocycles. The van der Waals surface area contributed by atoms with Gasteiger partial charge in [-0.15, -0.1) is 0 Å². The third-order valence-electron chi connectivity index (χ3n) is 6.49. The van der Waals surface area contributed by atoms with Crippen LogP contribution in [0.1, 0.15) is 16.7 Å². The second-order valence-electron chi connectivity index (χ2n) is 8.96. The van der Waals surface area contributed by atoms with Crippen molar-refractivity contribution in [2.24, 2.45) is 5.92 Å². The van der Waals surface area contributed by atoms with Crippen molar-refractivity contribution in [2.45, 2.75) is 13.0 Å². The van der Waals surface area contributed by atoms with Gasteiger partial charge in [-0.05, 0) is 59.5 Å². The number of amides is 2. The van der Waals surface area contributed by atoms with E-state index in [1.807, 2.05) is 54.6 Å². The molecule has 6 nitrogen and oxygen atoms in total. The lowest BCUT2D eigenvalue weighted by Gasteiger charge is -2.36. The lowest BCUT2D eigenvalue weighted by atomic mass is 9.99. The number of carboxylic acid groups (broad SMARTS) is 1. The molecule has 174 valence electrons. The number of hydrogen-bond acceptors (Lipinski definition) is 3. The van der Waals surface area contributed by atoms with Crippen molar-refractivity contribution in [3.05, 3.63) is 95.3 Å². The largest absolute Gasteiger partial charge is 0.481 e. The highest BCUT2D eigenvalue weighted by Gasteiger charge is 2.33. The third-order valence-corrected chi connectivity index (χ3v) is 6.49. The van der Waals surface area contributed by atoms with E-state index in [0.29, 0.717) is 39.1 Å². The molecule has 2 saturated heterocycles. The zero-order chi connectivity index (χ0) is 23.7. The van der Waals surface area contributed by atoms with Crippen molar-refractivity contribution in [2.75, 3.05) is 36.0 Å². The second kappa shape index (κ2) is 9.27. The third kappa shape index (κ3) is 4.65. The van der Waals surface area contributed by atoms with E-state index in [0.717, 1.165) is 28.1 Å². The first-order chi connectivity index (χ1) is 16.5. The number of anilines is 2. The molecular formula is C27H26FN3O3. The summed E-state index contributed by atoms with van der Waals surface area (Å²) < 4.78 is 13.5. The van der Waals surface area contributed by atoms with Crippen LogP contribution in [0.5, 0.6) is 0 Å². The highest BCUT2D eigenvalue weighted by Crippen LogP contribution is 2.27. The van der Waals surface area contributed by atoms with Gasteiger partial charge in [0.1, 0.15) is 5.82 Å². The minimum Gasteiger partial charge on any atom is -0.481 e. The average molecular weight is 460 g/mol. The number of carbonyl (C=O) groups is 2. The van der Waals surface area contributed by atoms with Crippen LogP contribution < -0.4 is 9.80 Å². The van der Waals surface area contributed by atoms with Crippen molar-refractivity contribution in [3.63, 3.8) is 0 Å². The Morgan fingerprint density at radius 1 is 0.853 bits per heavy atom. The molecule has 7 heteroatoms. The summed E-state index contributed by atoms with van der Waals surface area (Å²) in [6.07, 6.45) is 0.600. The van der Waals surface area contributed by atoms with Crippen molar-refractivity contribution in [3.8, 4) is 0 Å². The Morgan fingerprint density at radius 2 is 1.50 bits per heavy atom. The molecule has 1 N–H and O–H groups in total. The Kier molecular flexibility index (Phi) is 6.02. The average Bonchev–Trinajstić information content (AvgIpc) is 3.17. The zero-order valence-electron chi connectivity index (χ0n) is 18.7. The first-order valence-electron chi connectivity index (χ1n) is 11.4. The van der Waals surface area contributed by atoms with Crippen LogP contribution in [0.3, 0.4) is 0 Å². The molecule has 2 aliphatic rings. The predicted molar refractivity (Wildman–Crippen MR) is 129 cm³/mol. The Morgan fingerprint density at radius 3 is 2.18 bits per heavy atom. The summed E-state index contributed by atoms with van der Waals surface area (Å²) in [6, 6.07) is 22.2. The van der Waals surface area contributed by atoms with E-state index in [2.05, 4.69) is 4.90 Å². The van der Waals surface area contributed by atoms with E-state index in [1.165, 1.54) is 12.1 Å². The first kappa shape index (κ1) is 22.1. The van der Waals surface area contributed by atoms with Crippen LogP contribution in [0.2, 0.25) is 0 Å². The summed E-state index contributed by atoms with van der Waals surface area (Å²) in [4.78, 5) is 29.8. The van der Waals surface area contributed by atoms with Crippen molar-refractivity contribution >= 4 is 23.4 Å². The summed E-state index contributed by atoms with van der Waals surface area (Å²) in [5, 5.41) is 9.01. The van der Waals surface area contributed by atoms with Crippen LogP contribution in [0.4, 0.5) is 20.6 Å². The summed E-state index contributed by atoms with van der Waals surface area (Å²) in [7, 11) is 0. The van der Waals surface area contributed by atoms with Gasteiger partial charge in [0.25, 0.3) is 0 Å². The Hall–Kier alpha value is -3.71. The van der Waals surface area contributed by atoms with E-state index >= 15 is 0 Å². The van der Waals surface area contributed by atoms with Gasteiger partial charge in [0.15, 0.2) is 0 Å². The number of likely N-dealkylation sites (tertiary alicyclic amines) is 1. The van der Waals surface area contributed by atoms with Gasteiger partial charge in [-0.3, -0.25) is 19.5 Å². The van der Waals surface area contributed by atoms with Gasteiger partial charge in [0.05, 0.1) is 5.92 Å². The number of carboxylic acids is 1. The van der Waals surface area contributed by atoms with Crippen LogP contribution in [0, 0.1) is 11.7 Å². The highest BCUT2D eigenvalue weighted by atomic mass is 19.1. The molecule has 2 aliphatic heterocycles. The molecule has 2 heterocycles. The number of halogens is 1. The summed E-state index contributed by atoms with van der Waals surface area (Å²) in [5.74, 6) is -1.25. The van der Waals surface area contributed by atoms with E-state index < -0.39 is 5.97 Å². The molecule has 2 fully saturated rings. The van der Waals surface area contributed by atoms with E-state index in [4.69, 9.17) is 5.11 Å². The van der Waals surface area contributed by atoms with Crippen LogP contribution >= 0.6 is 0 Å². The van der Waals surface area contributed by atoms with Crippen LogP contribution in [-0.4, -0.2) is 48.2 Å². The quantitative estimate of drug-likeness (QED) is 0.570. The van der Waals surface area contributed by atoms with Crippen LogP contribution in [0.25, 0.3) is 0 Å². The van der Waals surface area contributed by atoms with Crippen LogP contribution in [0.15, 0.2) is 72.8 Å². The SMILES string of the molecule is O=C(O)C1CN(Cc2ccc(N3CCN(c4cccc(Cc5cccc(F)c5)c4)C3=O)cc2)C1. The fourth-order valence-corrected chi connectivity index (χ4v) is 4.63. The Balaban J connectivity index is 1.23. The number of benzene rings is 3. The Labute approximate surface area is 197 Å². The molecule has 0 spiro atoms. The lowest BCUT2D eigenvalue weighted by molar-refractivity contribution is -0.147. The van der Waals surface area contributed by atoms with Gasteiger partial charge in [-0.2, -0.15) is 0 Å². The molecule has 5 rings (SSSR count). The maximum atomic E-state index is 13.5. The smallest absolute Gasteiger partial charge is 0.329 e. The molecule has 3 aromatic carbocycles. The van der Waals surface area contributed by atoms with Crippen molar-refractivity contribution in [1.29, 1.82) is 0 Å². The number of hydrogen-bond donors (Lipinski definition) is 1. The summed E-state index contributed by atoms with van der Waals surface area (Å²) in [6.45, 7) is 3.05. The molecule has 0 unspecified atom stereocenters. The fraction of sp³-hybridized carbons (Fsp3) is 0.259. The molecule has 0 radical (unpaired) electrons. The molecule has 34 heavy (non-hydrogen) atoms. The zero-order valence-corrected chi connectivity index (χ0v) is 18.7. The standard InChI is InChI=1S/C27H26FN3O3/c28-23-5-1-3-20(14-23)13-21-4-2-6-25(15-21)31-12-11-30(27(31)34)24-9-7-19(8-10-24)16-29-17-22(18-29)26(32)33/h1-10,14-15,22H,11-13,16-18H2,(H,32,33). The van der Waals surface area contributed by atoms with E-state index in [9.17, 15) is 14.0 Å². The molecule has 0 aliphatic carbocycles. The maximum Gasteiger partial charge on any atom is 0.329 e. The molecule has 2 amide bonds. The maximum absolute atomic E-state index is 13.5. The summed E-state index contributed by atoms with van der Waals surface area (Å²) >= 11 is 0. The second-order valence-corrected chi connectivity index (χ2v) is 8.96. The molecule has 0 bridgehead atoms. The predicted octanol–water partition coefficient (Wildman–Crippen LogP) is 4.38. The lowest BCUT2D eigenvalue weighted by Crippen LogP contribution is -2.49. The highest BCUT2D eigenvalue weighted by molar-refractivity contribution is 6.06. The van der Waals surface area contributed by atoms with Gasteiger partial charge < -0.3 is 5.11 Å². The minimum atomic E-state index is -0.733. The molecular weight excluding hydrogens is 433 g/mol. The number of rotatable bonds is 7.